The van der Waals surface area contributed by atoms with E-state index in [4.69, 9.17) is 27.9 Å². The first-order valence-corrected chi connectivity index (χ1v) is 15.8. The molecule has 0 aliphatic heterocycles. The van der Waals surface area contributed by atoms with Gasteiger partial charge in [0.05, 0.1) is 19.1 Å². The van der Waals surface area contributed by atoms with E-state index >= 15 is 0 Å². The van der Waals surface area contributed by atoms with Crippen LogP contribution in [-0.2, 0) is 26.2 Å². The summed E-state index contributed by atoms with van der Waals surface area (Å²) in [6, 6.07) is 11.3. The molecule has 2 aromatic rings. The van der Waals surface area contributed by atoms with E-state index in [1.54, 1.807) is 47.4 Å². The Hall–Kier alpha value is -2.49. The highest BCUT2D eigenvalue weighted by atomic mass is 35.5. The Bertz CT molecular complexity index is 1250. The second kappa shape index (κ2) is 14.2. The maximum atomic E-state index is 13.6. The molecule has 0 aromatic heterocycles. The lowest BCUT2D eigenvalue weighted by Crippen LogP contribution is -2.51. The van der Waals surface area contributed by atoms with E-state index in [1.165, 1.54) is 11.4 Å². The normalized spacial score (nSPS) is 14.6. The summed E-state index contributed by atoms with van der Waals surface area (Å²) >= 11 is 12.5. The van der Waals surface area contributed by atoms with Crippen molar-refractivity contribution < 1.29 is 22.7 Å². The molecule has 0 bridgehead atoms. The van der Waals surface area contributed by atoms with Crippen LogP contribution in [0.1, 0.15) is 57.4 Å². The third kappa shape index (κ3) is 8.50. The maximum Gasteiger partial charge on any atom is 0.243 e. The summed E-state index contributed by atoms with van der Waals surface area (Å²) in [5.41, 5.74) is 1.08. The number of benzene rings is 2. The molecular weight excluding hydrogens is 561 g/mol. The Kier molecular flexibility index (Phi) is 11.3. The number of halogens is 2. The van der Waals surface area contributed by atoms with Gasteiger partial charge < -0.3 is 15.0 Å². The van der Waals surface area contributed by atoms with Crippen LogP contribution in [-0.4, -0.2) is 57.1 Å². The van der Waals surface area contributed by atoms with E-state index in [-0.39, 0.29) is 43.8 Å². The average molecular weight is 599 g/mol. The third-order valence-electron chi connectivity index (χ3n) is 6.95. The van der Waals surface area contributed by atoms with Crippen molar-refractivity contribution in [2.45, 2.75) is 70.5 Å². The number of carbonyl (C=O) groups excluding carboxylic acids is 2. The van der Waals surface area contributed by atoms with Gasteiger partial charge in [0.1, 0.15) is 11.8 Å². The van der Waals surface area contributed by atoms with Gasteiger partial charge in [0, 0.05) is 35.6 Å². The Balaban J connectivity index is 1.80. The molecule has 3 rings (SSSR count). The van der Waals surface area contributed by atoms with Gasteiger partial charge in [0.2, 0.25) is 21.8 Å². The molecule has 1 fully saturated rings. The van der Waals surface area contributed by atoms with E-state index in [2.05, 4.69) is 5.32 Å². The zero-order chi connectivity index (χ0) is 28.6. The van der Waals surface area contributed by atoms with Crippen LogP contribution in [0.15, 0.2) is 42.5 Å². The van der Waals surface area contributed by atoms with Crippen LogP contribution < -0.4 is 14.4 Å². The highest BCUT2D eigenvalue weighted by molar-refractivity contribution is 7.92. The van der Waals surface area contributed by atoms with Gasteiger partial charge in [-0.25, -0.2) is 8.42 Å². The number of methoxy groups -OCH3 is 1. The standard InChI is InChI=1S/C28H37Cl2N3O5S/c1-4-24(28(35)31-22-10-5-6-11-22)32(19-20-15-16-21(29)18-23(20)30)27(34)14-9-17-33(39(3,36)37)25-12-7-8-13-26(25)38-2/h7-8,12-13,15-16,18,22,24H,4-6,9-11,14,17,19H2,1-3H3,(H,31,35)/t24-/m1/s1. The Morgan fingerprint density at radius 2 is 1.82 bits per heavy atom. The lowest BCUT2D eigenvalue weighted by atomic mass is 10.1. The number of para-hydroxylation sites is 2. The molecule has 1 aliphatic carbocycles. The number of ether oxygens (including phenoxy) is 1. The fraction of sp³-hybridized carbons (Fsp3) is 0.500. The molecular formula is C28H37Cl2N3O5S. The molecule has 1 aliphatic rings. The number of anilines is 1. The summed E-state index contributed by atoms with van der Waals surface area (Å²) in [6.07, 6.45) is 5.85. The topological polar surface area (TPSA) is 96.0 Å². The first-order chi connectivity index (χ1) is 18.5. The number of nitrogens with zero attached hydrogens (tertiary/aromatic N) is 2. The monoisotopic (exact) mass is 597 g/mol. The van der Waals surface area contributed by atoms with Gasteiger partial charge >= 0.3 is 0 Å². The predicted octanol–water partition coefficient (Wildman–Crippen LogP) is 5.41. The van der Waals surface area contributed by atoms with Crippen LogP contribution in [0.5, 0.6) is 5.75 Å². The third-order valence-corrected chi connectivity index (χ3v) is 8.72. The SMILES string of the molecule is CC[C@H](C(=O)NC1CCCC1)N(Cc1ccc(Cl)cc1Cl)C(=O)CCCN(c1ccccc1OC)S(C)(=O)=O. The summed E-state index contributed by atoms with van der Waals surface area (Å²) in [5.74, 6) is -0.0274. The van der Waals surface area contributed by atoms with Gasteiger partial charge in [0.15, 0.2) is 0 Å². The van der Waals surface area contributed by atoms with Gasteiger partial charge in [-0.15, -0.1) is 0 Å². The number of amides is 2. The molecule has 1 N–H and O–H groups in total. The minimum absolute atomic E-state index is 0.0413. The van der Waals surface area contributed by atoms with Gasteiger partial charge in [-0.3, -0.25) is 13.9 Å². The minimum Gasteiger partial charge on any atom is -0.495 e. The van der Waals surface area contributed by atoms with Crippen molar-refractivity contribution in [1.29, 1.82) is 0 Å². The maximum absolute atomic E-state index is 13.6. The van der Waals surface area contributed by atoms with Crippen molar-refractivity contribution in [2.75, 3.05) is 24.2 Å². The fourth-order valence-corrected chi connectivity index (χ4v) is 6.38. The molecule has 1 saturated carbocycles. The second-order valence-corrected chi connectivity index (χ2v) is 12.5. The highest BCUT2D eigenvalue weighted by Crippen LogP contribution is 2.30. The molecule has 0 spiro atoms. The zero-order valence-electron chi connectivity index (χ0n) is 22.7. The van der Waals surface area contributed by atoms with Gasteiger partial charge in [0.25, 0.3) is 0 Å². The number of nitrogens with one attached hydrogen (secondary N) is 1. The summed E-state index contributed by atoms with van der Waals surface area (Å²) < 4.78 is 31.8. The fourth-order valence-electron chi connectivity index (χ4n) is 4.94. The Morgan fingerprint density at radius 1 is 1.13 bits per heavy atom. The molecule has 0 radical (unpaired) electrons. The van der Waals surface area contributed by atoms with Crippen LogP contribution >= 0.6 is 23.2 Å². The smallest absolute Gasteiger partial charge is 0.243 e. The van der Waals surface area contributed by atoms with Crippen molar-refractivity contribution in [3.8, 4) is 5.75 Å². The van der Waals surface area contributed by atoms with E-state index in [1.807, 2.05) is 6.92 Å². The molecule has 8 nitrogen and oxygen atoms in total. The summed E-state index contributed by atoms with van der Waals surface area (Å²) in [5, 5.41) is 4.00. The molecule has 214 valence electrons. The van der Waals surface area contributed by atoms with Crippen molar-refractivity contribution in [3.63, 3.8) is 0 Å². The predicted molar refractivity (Wildman–Crippen MR) is 156 cm³/mol. The highest BCUT2D eigenvalue weighted by Gasteiger charge is 2.31. The van der Waals surface area contributed by atoms with Gasteiger partial charge in [-0.2, -0.15) is 0 Å². The second-order valence-electron chi connectivity index (χ2n) is 9.78. The lowest BCUT2D eigenvalue weighted by Gasteiger charge is -2.32. The first kappa shape index (κ1) is 31.0. The lowest BCUT2D eigenvalue weighted by molar-refractivity contribution is -0.141. The van der Waals surface area contributed by atoms with Crippen LogP contribution in [0.2, 0.25) is 10.0 Å². The van der Waals surface area contributed by atoms with E-state index in [9.17, 15) is 18.0 Å². The number of hydrogen-bond donors (Lipinski definition) is 1. The van der Waals surface area contributed by atoms with Crippen molar-refractivity contribution in [3.05, 3.63) is 58.1 Å². The van der Waals surface area contributed by atoms with E-state index in [0.717, 1.165) is 31.9 Å². The molecule has 2 amide bonds. The molecule has 39 heavy (non-hydrogen) atoms. The Morgan fingerprint density at radius 3 is 2.44 bits per heavy atom. The zero-order valence-corrected chi connectivity index (χ0v) is 25.0. The van der Waals surface area contributed by atoms with E-state index in [0.29, 0.717) is 33.5 Å². The summed E-state index contributed by atoms with van der Waals surface area (Å²) in [4.78, 5) is 28.5. The van der Waals surface area contributed by atoms with Gasteiger partial charge in [-0.1, -0.05) is 61.2 Å². The summed E-state index contributed by atoms with van der Waals surface area (Å²) in [7, 11) is -2.16. The van der Waals surface area contributed by atoms with Crippen LogP contribution in [0.4, 0.5) is 5.69 Å². The quantitative estimate of drug-likeness (QED) is 0.333. The molecule has 0 unspecified atom stereocenters. The molecule has 0 heterocycles. The van der Waals surface area contributed by atoms with Crippen LogP contribution in [0.3, 0.4) is 0 Å². The minimum atomic E-state index is -3.64. The number of carbonyl (C=O) groups is 2. The van der Waals surface area contributed by atoms with Gasteiger partial charge in [-0.05, 0) is 55.5 Å². The van der Waals surface area contributed by atoms with E-state index < -0.39 is 16.1 Å². The molecule has 0 saturated heterocycles. The van der Waals surface area contributed by atoms with Crippen LogP contribution in [0, 0.1) is 0 Å². The Labute approximate surface area is 241 Å². The van der Waals surface area contributed by atoms with Crippen molar-refractivity contribution in [2.24, 2.45) is 0 Å². The number of sulfonamides is 1. The molecule has 2 aromatic carbocycles. The molecule has 1 atom stereocenters. The molecule has 11 heteroatoms. The van der Waals surface area contributed by atoms with Crippen molar-refractivity contribution >= 4 is 50.7 Å². The van der Waals surface area contributed by atoms with Crippen LogP contribution in [0.25, 0.3) is 0 Å². The number of hydrogen-bond acceptors (Lipinski definition) is 5. The first-order valence-electron chi connectivity index (χ1n) is 13.2. The largest absolute Gasteiger partial charge is 0.495 e. The average Bonchev–Trinajstić information content (AvgIpc) is 3.40. The summed E-state index contributed by atoms with van der Waals surface area (Å²) in [6.45, 7) is 2.08. The van der Waals surface area contributed by atoms with Crippen molar-refractivity contribution in [1.82, 2.24) is 10.2 Å². The number of rotatable bonds is 13.